The van der Waals surface area contributed by atoms with Crippen LogP contribution in [0.4, 0.5) is 0 Å². The lowest BCUT2D eigenvalue weighted by atomic mass is 10.1. The molecule has 5 heteroatoms. The number of rotatable bonds is 4. The fraction of sp³-hybridized carbons (Fsp3) is 0.429. The van der Waals surface area contributed by atoms with Crippen LogP contribution in [0.3, 0.4) is 0 Å². The third kappa shape index (κ3) is 3.65. The number of hydrogen-bond donors (Lipinski definition) is 1. The SMILES string of the molecule is CCC1=CCCN(NS(=O)(=O)c2ccc(C)cc2)C1. The summed E-state index contributed by atoms with van der Waals surface area (Å²) in [7, 11) is -3.46. The van der Waals surface area contributed by atoms with Gasteiger partial charge in [-0.3, -0.25) is 0 Å². The number of nitrogens with one attached hydrogen (secondary N) is 1. The lowest BCUT2D eigenvalue weighted by molar-refractivity contribution is 0.253. The Morgan fingerprint density at radius 1 is 1.26 bits per heavy atom. The molecule has 0 atom stereocenters. The van der Waals surface area contributed by atoms with E-state index < -0.39 is 10.0 Å². The lowest BCUT2D eigenvalue weighted by Crippen LogP contribution is -2.44. The largest absolute Gasteiger partial charge is 0.253 e. The maximum Gasteiger partial charge on any atom is 0.253 e. The number of nitrogens with zero attached hydrogens (tertiary/aromatic N) is 1. The predicted octanol–water partition coefficient (Wildman–Crippen LogP) is 2.23. The van der Waals surface area contributed by atoms with Crippen LogP contribution in [0.25, 0.3) is 0 Å². The summed E-state index contributed by atoms with van der Waals surface area (Å²) in [5.74, 6) is 0. The molecular weight excluding hydrogens is 260 g/mol. The van der Waals surface area contributed by atoms with Crippen molar-refractivity contribution in [1.82, 2.24) is 9.84 Å². The molecule has 0 fully saturated rings. The van der Waals surface area contributed by atoms with E-state index in [1.807, 2.05) is 19.1 Å². The Morgan fingerprint density at radius 2 is 1.95 bits per heavy atom. The van der Waals surface area contributed by atoms with Crippen molar-refractivity contribution in [3.8, 4) is 0 Å². The van der Waals surface area contributed by atoms with E-state index in [-0.39, 0.29) is 0 Å². The number of benzene rings is 1. The Hall–Kier alpha value is -1.17. The molecule has 19 heavy (non-hydrogen) atoms. The highest BCUT2D eigenvalue weighted by atomic mass is 32.2. The van der Waals surface area contributed by atoms with E-state index in [1.165, 1.54) is 5.57 Å². The summed E-state index contributed by atoms with van der Waals surface area (Å²) >= 11 is 0. The Labute approximate surface area is 115 Å². The van der Waals surface area contributed by atoms with Crippen LogP contribution in [0, 0.1) is 6.92 Å². The molecule has 0 unspecified atom stereocenters. The first-order valence-corrected chi connectivity index (χ1v) is 8.01. The fourth-order valence-electron chi connectivity index (χ4n) is 2.09. The summed E-state index contributed by atoms with van der Waals surface area (Å²) in [5.41, 5.74) is 2.32. The molecule has 0 amide bonds. The van der Waals surface area contributed by atoms with Gasteiger partial charge in [-0.15, -0.1) is 4.83 Å². The highest BCUT2D eigenvalue weighted by Crippen LogP contribution is 2.14. The number of hydrazine groups is 1. The predicted molar refractivity (Wildman–Crippen MR) is 76.1 cm³/mol. The molecule has 0 spiro atoms. The van der Waals surface area contributed by atoms with Crippen molar-refractivity contribution in [3.63, 3.8) is 0 Å². The van der Waals surface area contributed by atoms with E-state index in [0.717, 1.165) is 18.4 Å². The zero-order valence-electron chi connectivity index (χ0n) is 11.4. The number of aryl methyl sites for hydroxylation is 1. The minimum absolute atomic E-state index is 0.311. The second kappa shape index (κ2) is 5.86. The van der Waals surface area contributed by atoms with Gasteiger partial charge in [-0.1, -0.05) is 36.3 Å². The molecule has 0 aromatic heterocycles. The van der Waals surface area contributed by atoms with Gasteiger partial charge in [0.25, 0.3) is 10.0 Å². The van der Waals surface area contributed by atoms with Crippen molar-refractivity contribution in [1.29, 1.82) is 0 Å². The van der Waals surface area contributed by atoms with Crippen molar-refractivity contribution in [2.45, 2.75) is 31.6 Å². The van der Waals surface area contributed by atoms with Crippen LogP contribution < -0.4 is 4.83 Å². The van der Waals surface area contributed by atoms with Gasteiger partial charge in [0.2, 0.25) is 0 Å². The average Bonchev–Trinajstić information content (AvgIpc) is 2.39. The van der Waals surface area contributed by atoms with Gasteiger partial charge < -0.3 is 0 Å². The Morgan fingerprint density at radius 3 is 2.58 bits per heavy atom. The highest BCUT2D eigenvalue weighted by molar-refractivity contribution is 7.89. The molecule has 1 aliphatic rings. The molecule has 1 heterocycles. The smallest absolute Gasteiger partial charge is 0.226 e. The van der Waals surface area contributed by atoms with Crippen LogP contribution >= 0.6 is 0 Å². The topological polar surface area (TPSA) is 49.4 Å². The summed E-state index contributed by atoms with van der Waals surface area (Å²) in [6.45, 7) is 5.41. The van der Waals surface area contributed by atoms with Crippen LogP contribution in [0.15, 0.2) is 40.8 Å². The normalized spacial score (nSPS) is 17.3. The van der Waals surface area contributed by atoms with Gasteiger partial charge in [-0.05, 0) is 31.9 Å². The van der Waals surface area contributed by atoms with E-state index in [9.17, 15) is 8.42 Å². The molecule has 1 N–H and O–H groups in total. The van der Waals surface area contributed by atoms with Gasteiger partial charge >= 0.3 is 0 Å². The minimum atomic E-state index is -3.46. The Kier molecular flexibility index (Phi) is 4.39. The average molecular weight is 280 g/mol. The lowest BCUT2D eigenvalue weighted by Gasteiger charge is -2.27. The third-order valence-corrected chi connectivity index (χ3v) is 4.65. The van der Waals surface area contributed by atoms with Crippen molar-refractivity contribution in [3.05, 3.63) is 41.5 Å². The van der Waals surface area contributed by atoms with Crippen molar-refractivity contribution in [2.24, 2.45) is 0 Å². The van der Waals surface area contributed by atoms with Crippen LogP contribution in [0.5, 0.6) is 0 Å². The number of sulfonamides is 1. The molecule has 0 bridgehead atoms. The number of hydrogen-bond acceptors (Lipinski definition) is 3. The quantitative estimate of drug-likeness (QED) is 0.860. The summed E-state index contributed by atoms with van der Waals surface area (Å²) in [6, 6.07) is 6.89. The molecule has 0 radical (unpaired) electrons. The molecule has 1 aromatic carbocycles. The Bertz CT molecular complexity index is 562. The zero-order valence-corrected chi connectivity index (χ0v) is 12.2. The van der Waals surface area contributed by atoms with Crippen molar-refractivity contribution < 1.29 is 8.42 Å². The molecule has 1 aromatic rings. The molecule has 0 aliphatic carbocycles. The highest BCUT2D eigenvalue weighted by Gasteiger charge is 2.20. The van der Waals surface area contributed by atoms with Crippen LogP contribution in [-0.2, 0) is 10.0 Å². The zero-order chi connectivity index (χ0) is 13.9. The summed E-state index contributed by atoms with van der Waals surface area (Å²) in [6.07, 6.45) is 4.04. The van der Waals surface area contributed by atoms with Crippen LogP contribution in [-0.4, -0.2) is 26.5 Å². The molecule has 104 valence electrons. The summed E-state index contributed by atoms with van der Waals surface area (Å²) < 4.78 is 24.5. The first kappa shape index (κ1) is 14.2. The van der Waals surface area contributed by atoms with E-state index in [0.29, 0.717) is 18.0 Å². The standard InChI is InChI=1S/C14H20N2O2S/c1-3-13-5-4-10-16(11-13)15-19(17,18)14-8-6-12(2)7-9-14/h5-9,15H,3-4,10-11H2,1-2H3. The fourth-order valence-corrected chi connectivity index (χ4v) is 3.18. The van der Waals surface area contributed by atoms with Gasteiger partial charge in [0, 0.05) is 13.1 Å². The second-order valence-electron chi connectivity index (χ2n) is 4.83. The van der Waals surface area contributed by atoms with E-state index in [1.54, 1.807) is 17.1 Å². The molecular formula is C14H20N2O2S. The first-order valence-electron chi connectivity index (χ1n) is 6.53. The molecule has 0 saturated carbocycles. The van der Waals surface area contributed by atoms with Gasteiger partial charge in [0.15, 0.2) is 0 Å². The monoisotopic (exact) mass is 280 g/mol. The van der Waals surface area contributed by atoms with Crippen LogP contribution in [0.2, 0.25) is 0 Å². The van der Waals surface area contributed by atoms with Gasteiger partial charge in [0.1, 0.15) is 0 Å². The first-order chi connectivity index (χ1) is 9.01. The molecule has 0 saturated heterocycles. The summed E-state index contributed by atoms with van der Waals surface area (Å²) in [5, 5.41) is 1.77. The van der Waals surface area contributed by atoms with E-state index in [4.69, 9.17) is 0 Å². The van der Waals surface area contributed by atoms with Crippen molar-refractivity contribution >= 4 is 10.0 Å². The van der Waals surface area contributed by atoms with E-state index >= 15 is 0 Å². The molecule has 2 rings (SSSR count). The maximum atomic E-state index is 12.2. The minimum Gasteiger partial charge on any atom is -0.226 e. The molecule has 4 nitrogen and oxygen atoms in total. The van der Waals surface area contributed by atoms with Gasteiger partial charge in [-0.25, -0.2) is 13.4 Å². The Balaban J connectivity index is 2.10. The van der Waals surface area contributed by atoms with Gasteiger partial charge in [-0.2, -0.15) is 0 Å². The van der Waals surface area contributed by atoms with Gasteiger partial charge in [0.05, 0.1) is 4.90 Å². The molecule has 1 aliphatic heterocycles. The summed E-state index contributed by atoms with van der Waals surface area (Å²) in [4.78, 5) is 2.97. The second-order valence-corrected chi connectivity index (χ2v) is 6.49. The van der Waals surface area contributed by atoms with Crippen molar-refractivity contribution in [2.75, 3.05) is 13.1 Å². The van der Waals surface area contributed by atoms with E-state index in [2.05, 4.69) is 17.8 Å². The van der Waals surface area contributed by atoms with Crippen LogP contribution in [0.1, 0.15) is 25.3 Å². The third-order valence-electron chi connectivity index (χ3n) is 3.26. The maximum absolute atomic E-state index is 12.2.